The molecule has 1 aliphatic rings. The number of rotatable bonds is 3. The molecule has 0 aliphatic carbocycles. The Bertz CT molecular complexity index is 835. The van der Waals surface area contributed by atoms with Crippen molar-refractivity contribution in [3.05, 3.63) is 71.9 Å². The molecule has 0 unspecified atom stereocenters. The summed E-state index contributed by atoms with van der Waals surface area (Å²) in [6, 6.07) is 19.3. The largest absolute Gasteiger partial charge is 0.369 e. The Hall–Kier alpha value is -2.39. The molecule has 0 amide bonds. The lowest BCUT2D eigenvalue weighted by atomic mass is 10.1. The van der Waals surface area contributed by atoms with E-state index in [1.165, 1.54) is 22.2 Å². The second-order valence-corrected chi connectivity index (χ2v) is 6.59. The molecule has 1 aliphatic heterocycles. The van der Waals surface area contributed by atoms with E-state index < -0.39 is 0 Å². The maximum Gasteiger partial charge on any atom is 0.0702 e. The topological polar surface area (TPSA) is 19.4 Å². The summed E-state index contributed by atoms with van der Waals surface area (Å²) in [7, 11) is 0. The minimum atomic E-state index is 0.986. The van der Waals surface area contributed by atoms with Gasteiger partial charge in [0.25, 0.3) is 0 Å². The Morgan fingerprint density at radius 2 is 1.67 bits per heavy atom. The fourth-order valence-corrected chi connectivity index (χ4v) is 3.53. The van der Waals surface area contributed by atoms with Crippen LogP contribution in [0.25, 0.3) is 10.9 Å². The molecule has 0 N–H and O–H groups in total. The molecule has 0 saturated carbocycles. The number of pyridine rings is 1. The summed E-state index contributed by atoms with van der Waals surface area (Å²) in [4.78, 5) is 9.62. The quantitative estimate of drug-likeness (QED) is 0.731. The number of hydrogen-bond acceptors (Lipinski definition) is 3. The molecule has 1 fully saturated rings. The van der Waals surface area contributed by atoms with Crippen LogP contribution >= 0.6 is 0 Å². The van der Waals surface area contributed by atoms with Crippen LogP contribution < -0.4 is 4.90 Å². The molecule has 3 heteroatoms. The molecule has 4 rings (SSSR count). The number of fused-ring (bicyclic) bond motifs is 1. The SMILES string of the molecule is Cc1ccccc1N1CCN(Cc2cnc3ccccc3c2)CC1. The summed E-state index contributed by atoms with van der Waals surface area (Å²) < 4.78 is 0. The Balaban J connectivity index is 1.41. The van der Waals surface area contributed by atoms with Crippen molar-refractivity contribution in [3.8, 4) is 0 Å². The predicted octanol–water partition coefficient (Wildman–Crippen LogP) is 3.87. The van der Waals surface area contributed by atoms with Gasteiger partial charge in [0.05, 0.1) is 5.52 Å². The zero-order valence-electron chi connectivity index (χ0n) is 14.2. The fraction of sp³-hybridized carbons (Fsp3) is 0.286. The van der Waals surface area contributed by atoms with Gasteiger partial charge in [-0.25, -0.2) is 0 Å². The summed E-state index contributed by atoms with van der Waals surface area (Å²) >= 11 is 0. The molecule has 1 aromatic heterocycles. The van der Waals surface area contributed by atoms with E-state index in [9.17, 15) is 0 Å². The van der Waals surface area contributed by atoms with Crippen LogP contribution in [0.2, 0.25) is 0 Å². The number of nitrogens with zero attached hydrogens (tertiary/aromatic N) is 3. The van der Waals surface area contributed by atoms with Crippen molar-refractivity contribution >= 4 is 16.6 Å². The third-order valence-corrected chi connectivity index (χ3v) is 4.88. The molecule has 0 bridgehead atoms. The lowest BCUT2D eigenvalue weighted by Crippen LogP contribution is -2.46. The second-order valence-electron chi connectivity index (χ2n) is 6.59. The minimum absolute atomic E-state index is 0.986. The maximum atomic E-state index is 4.58. The molecule has 2 heterocycles. The van der Waals surface area contributed by atoms with Crippen LogP contribution in [0.1, 0.15) is 11.1 Å². The lowest BCUT2D eigenvalue weighted by molar-refractivity contribution is 0.249. The van der Waals surface area contributed by atoms with Crippen molar-refractivity contribution in [1.82, 2.24) is 9.88 Å². The van der Waals surface area contributed by atoms with Gasteiger partial charge in [0.2, 0.25) is 0 Å². The van der Waals surface area contributed by atoms with Crippen LogP contribution in [0.4, 0.5) is 5.69 Å². The van der Waals surface area contributed by atoms with Crippen molar-refractivity contribution in [2.45, 2.75) is 13.5 Å². The van der Waals surface area contributed by atoms with Crippen molar-refractivity contribution < 1.29 is 0 Å². The zero-order chi connectivity index (χ0) is 16.4. The Morgan fingerprint density at radius 3 is 2.50 bits per heavy atom. The highest BCUT2D eigenvalue weighted by Crippen LogP contribution is 2.21. The molecule has 122 valence electrons. The third kappa shape index (κ3) is 3.13. The molecular weight excluding hydrogens is 294 g/mol. The molecule has 2 aromatic carbocycles. The maximum absolute atomic E-state index is 4.58. The van der Waals surface area contributed by atoms with E-state index in [0.717, 1.165) is 38.2 Å². The van der Waals surface area contributed by atoms with Crippen LogP contribution in [0.5, 0.6) is 0 Å². The van der Waals surface area contributed by atoms with Crippen molar-refractivity contribution in [2.75, 3.05) is 31.1 Å². The summed E-state index contributed by atoms with van der Waals surface area (Å²) in [5, 5.41) is 1.23. The Morgan fingerprint density at radius 1 is 0.917 bits per heavy atom. The number of aryl methyl sites for hydroxylation is 1. The van der Waals surface area contributed by atoms with Crippen LogP contribution in [0.3, 0.4) is 0 Å². The van der Waals surface area contributed by atoms with Crippen molar-refractivity contribution in [2.24, 2.45) is 0 Å². The van der Waals surface area contributed by atoms with E-state index in [4.69, 9.17) is 0 Å². The van der Waals surface area contributed by atoms with E-state index in [1.54, 1.807) is 0 Å². The average molecular weight is 317 g/mol. The first-order valence-electron chi connectivity index (χ1n) is 8.66. The fourth-order valence-electron chi connectivity index (χ4n) is 3.53. The van der Waals surface area contributed by atoms with Gasteiger partial charge in [-0.05, 0) is 36.2 Å². The van der Waals surface area contributed by atoms with E-state index >= 15 is 0 Å². The van der Waals surface area contributed by atoms with E-state index in [0.29, 0.717) is 0 Å². The van der Waals surface area contributed by atoms with E-state index in [-0.39, 0.29) is 0 Å². The highest BCUT2D eigenvalue weighted by molar-refractivity contribution is 5.78. The molecule has 3 aromatic rings. The molecule has 0 atom stereocenters. The zero-order valence-corrected chi connectivity index (χ0v) is 14.2. The average Bonchev–Trinajstić information content (AvgIpc) is 2.63. The van der Waals surface area contributed by atoms with Crippen LogP contribution in [-0.4, -0.2) is 36.1 Å². The number of piperazine rings is 1. The molecular formula is C21H23N3. The summed E-state index contributed by atoms with van der Waals surface area (Å²) in [5.74, 6) is 0. The Kier molecular flexibility index (Phi) is 4.18. The smallest absolute Gasteiger partial charge is 0.0702 e. The Labute approximate surface area is 143 Å². The van der Waals surface area contributed by atoms with Crippen LogP contribution in [-0.2, 0) is 6.54 Å². The van der Waals surface area contributed by atoms with Crippen LogP contribution in [0.15, 0.2) is 60.8 Å². The van der Waals surface area contributed by atoms with Gasteiger partial charge in [0.15, 0.2) is 0 Å². The van der Waals surface area contributed by atoms with E-state index in [1.807, 2.05) is 12.3 Å². The van der Waals surface area contributed by atoms with Gasteiger partial charge in [0.1, 0.15) is 0 Å². The molecule has 0 spiro atoms. The first-order chi connectivity index (χ1) is 11.8. The summed E-state index contributed by atoms with van der Waals surface area (Å²) in [5.41, 5.74) is 5.12. The standard InChI is InChI=1S/C21H23N3/c1-17-6-2-5-9-21(17)24-12-10-23(11-13-24)16-18-14-19-7-3-4-8-20(19)22-15-18/h2-9,14-15H,10-13,16H2,1H3. The highest BCUT2D eigenvalue weighted by atomic mass is 15.3. The summed E-state index contributed by atoms with van der Waals surface area (Å²) in [6.45, 7) is 7.56. The number of anilines is 1. The van der Waals surface area contributed by atoms with Gasteiger partial charge in [-0.15, -0.1) is 0 Å². The van der Waals surface area contributed by atoms with Gasteiger partial charge in [-0.2, -0.15) is 0 Å². The van der Waals surface area contributed by atoms with Crippen molar-refractivity contribution in [3.63, 3.8) is 0 Å². The van der Waals surface area contributed by atoms with Gasteiger partial charge >= 0.3 is 0 Å². The second kappa shape index (κ2) is 6.62. The molecule has 0 radical (unpaired) electrons. The monoisotopic (exact) mass is 317 g/mol. The number of aromatic nitrogens is 1. The van der Waals surface area contributed by atoms with Gasteiger partial charge in [-0.3, -0.25) is 9.88 Å². The predicted molar refractivity (Wildman–Crippen MR) is 100 cm³/mol. The number of para-hydroxylation sites is 2. The van der Waals surface area contributed by atoms with Crippen molar-refractivity contribution in [1.29, 1.82) is 0 Å². The number of benzene rings is 2. The van der Waals surface area contributed by atoms with Gasteiger partial charge < -0.3 is 4.90 Å². The van der Waals surface area contributed by atoms with Gasteiger partial charge in [-0.1, -0.05) is 36.4 Å². The molecule has 1 saturated heterocycles. The number of hydrogen-bond donors (Lipinski definition) is 0. The lowest BCUT2D eigenvalue weighted by Gasteiger charge is -2.36. The van der Waals surface area contributed by atoms with Gasteiger partial charge in [0, 0.05) is 50.0 Å². The van der Waals surface area contributed by atoms with Crippen LogP contribution in [0, 0.1) is 6.92 Å². The first-order valence-corrected chi connectivity index (χ1v) is 8.66. The molecule has 3 nitrogen and oxygen atoms in total. The normalized spacial score (nSPS) is 15.8. The highest BCUT2D eigenvalue weighted by Gasteiger charge is 2.18. The first kappa shape index (κ1) is 15.2. The minimum Gasteiger partial charge on any atom is -0.369 e. The molecule has 24 heavy (non-hydrogen) atoms. The third-order valence-electron chi connectivity index (χ3n) is 4.88. The summed E-state index contributed by atoms with van der Waals surface area (Å²) in [6.07, 6.45) is 2.02. The van der Waals surface area contributed by atoms with E-state index in [2.05, 4.69) is 70.2 Å².